The van der Waals surface area contributed by atoms with E-state index in [1.54, 1.807) is 18.5 Å². The van der Waals surface area contributed by atoms with Crippen molar-refractivity contribution in [1.82, 2.24) is 19.9 Å². The van der Waals surface area contributed by atoms with Crippen LogP contribution in [0.4, 0.5) is 10.2 Å². The molecule has 1 aliphatic carbocycles. The number of anilines is 1. The molecule has 6 nitrogen and oxygen atoms in total. The lowest BCUT2D eigenvalue weighted by atomic mass is 9.83. The van der Waals surface area contributed by atoms with E-state index in [1.807, 2.05) is 6.92 Å². The zero-order valence-corrected chi connectivity index (χ0v) is 15.0. The Labute approximate surface area is 154 Å². The Bertz CT molecular complexity index is 958. The summed E-state index contributed by atoms with van der Waals surface area (Å²) in [4.78, 5) is 15.7. The smallest absolute Gasteiger partial charge is 0.183 e. The molecule has 2 unspecified atom stereocenters. The van der Waals surface area contributed by atoms with Gasteiger partial charge in [0.2, 0.25) is 0 Å². The molecule has 4 rings (SSSR count). The van der Waals surface area contributed by atoms with Crippen LogP contribution in [0.15, 0.2) is 24.7 Å². The highest BCUT2D eigenvalue weighted by Gasteiger charge is 2.30. The minimum absolute atomic E-state index is 0.0323. The Morgan fingerprint density at radius 1 is 1.38 bits per heavy atom. The first-order valence-corrected chi connectivity index (χ1v) is 8.93. The Hall–Kier alpha value is -2.25. The van der Waals surface area contributed by atoms with Crippen LogP contribution in [-0.2, 0) is 0 Å². The van der Waals surface area contributed by atoms with E-state index in [0.29, 0.717) is 28.5 Å². The monoisotopic (exact) mass is 375 g/mol. The second kappa shape index (κ2) is 6.48. The lowest BCUT2D eigenvalue weighted by Gasteiger charge is -2.34. The molecule has 0 aromatic carbocycles. The summed E-state index contributed by atoms with van der Waals surface area (Å²) in [5.74, 6) is 0.00351. The zero-order valence-electron chi connectivity index (χ0n) is 14.3. The average Bonchev–Trinajstić information content (AvgIpc) is 2.99. The van der Waals surface area contributed by atoms with E-state index >= 15 is 0 Å². The van der Waals surface area contributed by atoms with Crippen molar-refractivity contribution in [2.24, 2.45) is 0 Å². The number of aliphatic hydroxyl groups is 1. The minimum atomic E-state index is -0.735. The molecule has 8 heteroatoms. The van der Waals surface area contributed by atoms with Crippen molar-refractivity contribution in [3.8, 4) is 11.4 Å². The SMILES string of the molecule is CC1(O)CCCC(Nc2nc(-c3c[nH]c4ncc(Cl)cc34)ncc2F)C1. The quantitative estimate of drug-likeness (QED) is 0.646. The van der Waals surface area contributed by atoms with E-state index in [9.17, 15) is 9.50 Å². The molecule has 1 saturated carbocycles. The number of hydrogen-bond donors (Lipinski definition) is 3. The number of aromatic nitrogens is 4. The summed E-state index contributed by atoms with van der Waals surface area (Å²) >= 11 is 6.03. The van der Waals surface area contributed by atoms with Gasteiger partial charge in [0.05, 0.1) is 16.8 Å². The summed E-state index contributed by atoms with van der Waals surface area (Å²) < 4.78 is 14.2. The highest BCUT2D eigenvalue weighted by atomic mass is 35.5. The van der Waals surface area contributed by atoms with Gasteiger partial charge in [-0.1, -0.05) is 11.6 Å². The first-order chi connectivity index (χ1) is 12.4. The van der Waals surface area contributed by atoms with Crippen LogP contribution in [0.25, 0.3) is 22.4 Å². The zero-order chi connectivity index (χ0) is 18.3. The van der Waals surface area contributed by atoms with E-state index in [0.717, 1.165) is 30.8 Å². The molecule has 0 saturated heterocycles. The van der Waals surface area contributed by atoms with Gasteiger partial charge in [0.25, 0.3) is 0 Å². The largest absolute Gasteiger partial charge is 0.390 e. The van der Waals surface area contributed by atoms with Crippen molar-refractivity contribution >= 4 is 28.5 Å². The fourth-order valence-corrected chi connectivity index (χ4v) is 3.70. The molecule has 0 radical (unpaired) electrons. The van der Waals surface area contributed by atoms with Crippen LogP contribution < -0.4 is 5.32 Å². The Kier molecular flexibility index (Phi) is 4.28. The number of nitrogens with one attached hydrogen (secondary N) is 2. The normalized spacial score (nSPS) is 23.3. The number of H-pyrrole nitrogens is 1. The summed E-state index contributed by atoms with van der Waals surface area (Å²) in [5, 5.41) is 14.7. The van der Waals surface area contributed by atoms with E-state index in [2.05, 4.69) is 25.3 Å². The summed E-state index contributed by atoms with van der Waals surface area (Å²) in [5.41, 5.74) is 0.630. The number of pyridine rings is 1. The fourth-order valence-electron chi connectivity index (χ4n) is 3.54. The number of fused-ring (bicyclic) bond motifs is 1. The third-order valence-corrected chi connectivity index (χ3v) is 4.98. The predicted molar refractivity (Wildman–Crippen MR) is 98.6 cm³/mol. The average molecular weight is 376 g/mol. The molecule has 0 bridgehead atoms. The second-order valence-electron chi connectivity index (χ2n) is 7.08. The van der Waals surface area contributed by atoms with Gasteiger partial charge in [0, 0.05) is 29.4 Å². The molecule has 1 fully saturated rings. The first-order valence-electron chi connectivity index (χ1n) is 8.56. The van der Waals surface area contributed by atoms with Crippen LogP contribution in [-0.4, -0.2) is 36.7 Å². The molecule has 26 heavy (non-hydrogen) atoms. The van der Waals surface area contributed by atoms with Crippen molar-refractivity contribution in [2.45, 2.75) is 44.2 Å². The lowest BCUT2D eigenvalue weighted by molar-refractivity contribution is 0.0182. The number of rotatable bonds is 3. The third-order valence-electron chi connectivity index (χ3n) is 4.78. The number of aromatic amines is 1. The molecule has 0 spiro atoms. The van der Waals surface area contributed by atoms with Gasteiger partial charge >= 0.3 is 0 Å². The van der Waals surface area contributed by atoms with Crippen LogP contribution in [0, 0.1) is 5.82 Å². The van der Waals surface area contributed by atoms with Crippen molar-refractivity contribution < 1.29 is 9.50 Å². The second-order valence-corrected chi connectivity index (χ2v) is 7.51. The van der Waals surface area contributed by atoms with Crippen LogP contribution >= 0.6 is 11.6 Å². The molecule has 3 N–H and O–H groups in total. The van der Waals surface area contributed by atoms with E-state index in [4.69, 9.17) is 11.6 Å². The van der Waals surface area contributed by atoms with Crippen molar-refractivity contribution in [1.29, 1.82) is 0 Å². The molecule has 2 atom stereocenters. The van der Waals surface area contributed by atoms with Gasteiger partial charge in [-0.05, 0) is 38.7 Å². The first kappa shape index (κ1) is 17.2. The number of halogens is 2. The molecule has 3 heterocycles. The van der Waals surface area contributed by atoms with Crippen LogP contribution in [0.2, 0.25) is 5.02 Å². The highest BCUT2D eigenvalue weighted by Crippen LogP contribution is 2.31. The molecular formula is C18H19ClFN5O. The lowest BCUT2D eigenvalue weighted by Crippen LogP contribution is -2.38. The Balaban J connectivity index is 1.66. The van der Waals surface area contributed by atoms with Crippen molar-refractivity contribution in [2.75, 3.05) is 5.32 Å². The maximum atomic E-state index is 14.2. The van der Waals surface area contributed by atoms with E-state index in [1.165, 1.54) is 0 Å². The predicted octanol–water partition coefficient (Wildman–Crippen LogP) is 3.92. The molecular weight excluding hydrogens is 357 g/mol. The Morgan fingerprint density at radius 2 is 2.23 bits per heavy atom. The fraction of sp³-hybridized carbons (Fsp3) is 0.389. The third kappa shape index (κ3) is 3.37. The van der Waals surface area contributed by atoms with Gasteiger partial charge in [-0.2, -0.15) is 0 Å². The summed E-state index contributed by atoms with van der Waals surface area (Å²) in [6, 6.07) is 1.74. The van der Waals surface area contributed by atoms with Crippen LogP contribution in [0.5, 0.6) is 0 Å². The van der Waals surface area contributed by atoms with E-state index < -0.39 is 11.4 Å². The number of nitrogens with zero attached hydrogens (tertiary/aromatic N) is 3. The van der Waals surface area contributed by atoms with Gasteiger partial charge < -0.3 is 15.4 Å². The Morgan fingerprint density at radius 3 is 3.04 bits per heavy atom. The van der Waals surface area contributed by atoms with Gasteiger partial charge in [-0.3, -0.25) is 0 Å². The van der Waals surface area contributed by atoms with Crippen molar-refractivity contribution in [3.63, 3.8) is 0 Å². The van der Waals surface area contributed by atoms with Crippen LogP contribution in [0.1, 0.15) is 32.6 Å². The van der Waals surface area contributed by atoms with Gasteiger partial charge in [0.15, 0.2) is 17.5 Å². The molecule has 3 aromatic heterocycles. The topological polar surface area (TPSA) is 86.7 Å². The van der Waals surface area contributed by atoms with Gasteiger partial charge in [-0.15, -0.1) is 0 Å². The van der Waals surface area contributed by atoms with Crippen molar-refractivity contribution in [3.05, 3.63) is 35.5 Å². The summed E-state index contributed by atoms with van der Waals surface area (Å²) in [6.07, 6.45) is 7.50. The maximum Gasteiger partial charge on any atom is 0.183 e. The van der Waals surface area contributed by atoms with Gasteiger partial charge in [0.1, 0.15) is 5.65 Å². The van der Waals surface area contributed by atoms with Gasteiger partial charge in [-0.25, -0.2) is 19.3 Å². The molecule has 0 amide bonds. The minimum Gasteiger partial charge on any atom is -0.390 e. The molecule has 3 aromatic rings. The van der Waals surface area contributed by atoms with Crippen LogP contribution in [0.3, 0.4) is 0 Å². The highest BCUT2D eigenvalue weighted by molar-refractivity contribution is 6.31. The van der Waals surface area contributed by atoms with E-state index in [-0.39, 0.29) is 11.9 Å². The standard InChI is InChI=1S/C18H19ClFN5O/c1-18(26)4-2-3-11(6-18)24-17-14(20)9-23-16(25-17)13-8-22-15-12(13)5-10(19)7-21-15/h5,7-9,11,26H,2-4,6H2,1H3,(H,21,22)(H,23,24,25). The molecule has 0 aliphatic heterocycles. The molecule has 1 aliphatic rings. The summed E-state index contributed by atoms with van der Waals surface area (Å²) in [7, 11) is 0. The molecule has 136 valence electrons. The number of hydrogen-bond acceptors (Lipinski definition) is 5. The summed E-state index contributed by atoms with van der Waals surface area (Å²) in [6.45, 7) is 1.81. The maximum absolute atomic E-state index is 14.2.